The van der Waals surface area contributed by atoms with Gasteiger partial charge < -0.3 is 0 Å². The van der Waals surface area contributed by atoms with Crippen LogP contribution in [0.3, 0.4) is 0 Å². The quantitative estimate of drug-likeness (QED) is 0.767. The van der Waals surface area contributed by atoms with Crippen LogP contribution in [0.1, 0.15) is 37.3 Å². The van der Waals surface area contributed by atoms with Crippen molar-refractivity contribution in [1.82, 2.24) is 4.90 Å². The molecular weight excluding hydrogens is 266 g/mol. The summed E-state index contributed by atoms with van der Waals surface area (Å²) >= 11 is 0. The number of hydrogen-bond acceptors (Lipinski definition) is 1. The van der Waals surface area contributed by atoms with Crippen LogP contribution in [0.15, 0.2) is 66.7 Å². The lowest BCUT2D eigenvalue weighted by atomic mass is 9.95. The second kappa shape index (κ2) is 7.42. The molecule has 2 aromatic carbocycles. The third kappa shape index (κ3) is 3.66. The maximum atomic E-state index is 2.61. The molecule has 1 fully saturated rings. The number of hydrogen-bond donors (Lipinski definition) is 0. The molecular formula is C21H25N. The fraction of sp³-hybridized carbons (Fsp3) is 0.333. The first-order chi connectivity index (χ1) is 10.8. The van der Waals surface area contributed by atoms with Gasteiger partial charge in [-0.3, -0.25) is 4.90 Å². The summed E-state index contributed by atoms with van der Waals surface area (Å²) in [7, 11) is 0. The Morgan fingerprint density at radius 2 is 1.32 bits per heavy atom. The summed E-state index contributed by atoms with van der Waals surface area (Å²) in [4.78, 5) is 2.61. The molecule has 1 atom stereocenters. The van der Waals surface area contributed by atoms with E-state index in [0.29, 0.717) is 6.04 Å². The molecule has 0 aliphatic carbocycles. The summed E-state index contributed by atoms with van der Waals surface area (Å²) in [6, 6.07) is 22.0. The second-order valence-electron chi connectivity index (χ2n) is 6.15. The number of rotatable bonds is 4. The van der Waals surface area contributed by atoms with E-state index in [0.717, 1.165) is 0 Å². The zero-order chi connectivity index (χ0) is 15.2. The van der Waals surface area contributed by atoms with Gasteiger partial charge in [-0.1, -0.05) is 73.2 Å². The van der Waals surface area contributed by atoms with E-state index in [1.54, 1.807) is 0 Å². The average Bonchev–Trinajstić information content (AvgIpc) is 2.62. The molecule has 1 unspecified atom stereocenters. The molecule has 1 heterocycles. The molecule has 114 valence electrons. The maximum Gasteiger partial charge on any atom is 0.0259 e. The predicted octanol–water partition coefficient (Wildman–Crippen LogP) is 4.99. The number of piperidine rings is 1. The summed E-state index contributed by atoms with van der Waals surface area (Å²) in [5.41, 5.74) is 3.95. The summed E-state index contributed by atoms with van der Waals surface area (Å²) in [5.74, 6) is 0. The molecule has 0 bridgehead atoms. The summed E-state index contributed by atoms with van der Waals surface area (Å²) in [5, 5.41) is 0. The largest absolute Gasteiger partial charge is 0.297 e. The Balaban J connectivity index is 1.92. The van der Waals surface area contributed by atoms with Crippen molar-refractivity contribution in [3.8, 4) is 0 Å². The van der Waals surface area contributed by atoms with Crippen LogP contribution in [-0.2, 0) is 0 Å². The van der Waals surface area contributed by atoms with Crippen molar-refractivity contribution in [3.63, 3.8) is 0 Å². The van der Waals surface area contributed by atoms with Gasteiger partial charge in [-0.2, -0.15) is 0 Å². The van der Waals surface area contributed by atoms with Crippen LogP contribution in [0, 0.1) is 0 Å². The van der Waals surface area contributed by atoms with Gasteiger partial charge in [0.25, 0.3) is 0 Å². The highest BCUT2D eigenvalue weighted by atomic mass is 15.1. The molecule has 1 aliphatic heterocycles. The highest BCUT2D eigenvalue weighted by Gasteiger charge is 2.16. The SMILES string of the molecule is CC(C=C(c1ccccc1)c1ccccc1)N1CCCCC1. The molecule has 1 nitrogen and oxygen atoms in total. The van der Waals surface area contributed by atoms with Gasteiger partial charge in [0.15, 0.2) is 0 Å². The Kier molecular flexibility index (Phi) is 5.07. The van der Waals surface area contributed by atoms with E-state index in [4.69, 9.17) is 0 Å². The van der Waals surface area contributed by atoms with E-state index in [9.17, 15) is 0 Å². The summed E-state index contributed by atoms with van der Waals surface area (Å²) in [6.45, 7) is 4.79. The first kappa shape index (κ1) is 15.1. The van der Waals surface area contributed by atoms with E-state index in [1.807, 2.05) is 0 Å². The highest BCUT2D eigenvalue weighted by Crippen LogP contribution is 2.25. The van der Waals surface area contributed by atoms with Crippen LogP contribution >= 0.6 is 0 Å². The molecule has 1 saturated heterocycles. The smallest absolute Gasteiger partial charge is 0.0259 e. The van der Waals surface area contributed by atoms with Crippen molar-refractivity contribution in [1.29, 1.82) is 0 Å². The van der Waals surface area contributed by atoms with E-state index in [-0.39, 0.29) is 0 Å². The molecule has 0 N–H and O–H groups in total. The molecule has 1 heteroatoms. The van der Waals surface area contributed by atoms with E-state index >= 15 is 0 Å². The standard InChI is InChI=1S/C21H25N/c1-18(22-15-9-4-10-16-22)17-21(19-11-5-2-6-12-19)20-13-7-3-8-14-20/h2-3,5-8,11-14,17-18H,4,9-10,15-16H2,1H3. The van der Waals surface area contributed by atoms with Crippen molar-refractivity contribution in [2.75, 3.05) is 13.1 Å². The van der Waals surface area contributed by atoms with Crippen LogP contribution in [0.2, 0.25) is 0 Å². The lowest BCUT2D eigenvalue weighted by Crippen LogP contribution is -2.36. The van der Waals surface area contributed by atoms with Gasteiger partial charge in [0.2, 0.25) is 0 Å². The topological polar surface area (TPSA) is 3.24 Å². The molecule has 2 aromatic rings. The molecule has 1 aliphatic rings. The number of likely N-dealkylation sites (tertiary alicyclic amines) is 1. The molecule has 0 radical (unpaired) electrons. The lowest BCUT2D eigenvalue weighted by Gasteiger charge is -2.31. The van der Waals surface area contributed by atoms with Crippen LogP contribution in [-0.4, -0.2) is 24.0 Å². The molecule has 0 aromatic heterocycles. The maximum absolute atomic E-state index is 2.61. The summed E-state index contributed by atoms with van der Waals surface area (Å²) in [6.07, 6.45) is 6.50. The van der Waals surface area contributed by atoms with Crippen molar-refractivity contribution >= 4 is 5.57 Å². The normalized spacial score (nSPS) is 17.0. The zero-order valence-corrected chi connectivity index (χ0v) is 13.4. The van der Waals surface area contributed by atoms with Crippen molar-refractivity contribution in [2.45, 2.75) is 32.2 Å². The van der Waals surface area contributed by atoms with E-state index in [1.165, 1.54) is 49.1 Å². The highest BCUT2D eigenvalue weighted by molar-refractivity contribution is 5.80. The Morgan fingerprint density at radius 1 is 0.818 bits per heavy atom. The third-order valence-electron chi connectivity index (χ3n) is 4.54. The third-order valence-corrected chi connectivity index (χ3v) is 4.54. The Labute approximate surface area is 134 Å². The Bertz CT molecular complexity index is 553. The molecule has 0 spiro atoms. The molecule has 3 rings (SSSR count). The Hall–Kier alpha value is -1.86. The minimum Gasteiger partial charge on any atom is -0.297 e. The van der Waals surface area contributed by atoms with Crippen LogP contribution < -0.4 is 0 Å². The number of benzene rings is 2. The monoisotopic (exact) mass is 291 g/mol. The van der Waals surface area contributed by atoms with E-state index in [2.05, 4.69) is 78.6 Å². The minimum atomic E-state index is 0.482. The Morgan fingerprint density at radius 3 is 1.82 bits per heavy atom. The number of nitrogens with zero attached hydrogens (tertiary/aromatic N) is 1. The van der Waals surface area contributed by atoms with Crippen LogP contribution in [0.5, 0.6) is 0 Å². The first-order valence-corrected chi connectivity index (χ1v) is 8.41. The predicted molar refractivity (Wildman–Crippen MR) is 94.8 cm³/mol. The first-order valence-electron chi connectivity index (χ1n) is 8.41. The van der Waals surface area contributed by atoms with Gasteiger partial charge in [0.05, 0.1) is 0 Å². The van der Waals surface area contributed by atoms with Gasteiger partial charge >= 0.3 is 0 Å². The lowest BCUT2D eigenvalue weighted by molar-refractivity contribution is 0.201. The fourth-order valence-electron chi connectivity index (χ4n) is 3.27. The zero-order valence-electron chi connectivity index (χ0n) is 13.4. The van der Waals surface area contributed by atoms with Crippen molar-refractivity contribution < 1.29 is 0 Å². The van der Waals surface area contributed by atoms with Crippen molar-refractivity contribution in [2.24, 2.45) is 0 Å². The summed E-state index contributed by atoms with van der Waals surface area (Å²) < 4.78 is 0. The van der Waals surface area contributed by atoms with Gasteiger partial charge in [-0.05, 0) is 49.6 Å². The van der Waals surface area contributed by atoms with Crippen LogP contribution in [0.25, 0.3) is 5.57 Å². The molecule has 0 amide bonds. The van der Waals surface area contributed by atoms with Gasteiger partial charge in [-0.25, -0.2) is 0 Å². The molecule has 0 saturated carbocycles. The average molecular weight is 291 g/mol. The van der Waals surface area contributed by atoms with Gasteiger partial charge in [-0.15, -0.1) is 0 Å². The fourth-order valence-corrected chi connectivity index (χ4v) is 3.27. The minimum absolute atomic E-state index is 0.482. The van der Waals surface area contributed by atoms with Crippen molar-refractivity contribution in [3.05, 3.63) is 77.9 Å². The molecule has 22 heavy (non-hydrogen) atoms. The second-order valence-corrected chi connectivity index (χ2v) is 6.15. The van der Waals surface area contributed by atoms with E-state index < -0.39 is 0 Å². The van der Waals surface area contributed by atoms with Crippen LogP contribution in [0.4, 0.5) is 0 Å². The van der Waals surface area contributed by atoms with Gasteiger partial charge in [0, 0.05) is 6.04 Å². The van der Waals surface area contributed by atoms with Gasteiger partial charge in [0.1, 0.15) is 0 Å².